The number of aryl methyl sites for hydroxylation is 1. The highest BCUT2D eigenvalue weighted by Gasteiger charge is 2.23. The maximum absolute atomic E-state index is 11.6. The van der Waals surface area contributed by atoms with Crippen molar-refractivity contribution in [2.75, 3.05) is 18.5 Å². The number of benzene rings is 6. The number of nitrogens with zero attached hydrogens (tertiary/aromatic N) is 5. The van der Waals surface area contributed by atoms with Crippen molar-refractivity contribution >= 4 is 50.6 Å². The molecule has 0 amide bonds. The van der Waals surface area contributed by atoms with Gasteiger partial charge in [-0.3, -0.25) is 14.9 Å². The third-order valence-corrected chi connectivity index (χ3v) is 9.80. The summed E-state index contributed by atoms with van der Waals surface area (Å²) in [5.41, 5.74) is 8.13. The van der Waals surface area contributed by atoms with Crippen LogP contribution in [0.15, 0.2) is 154 Å². The molecule has 0 aliphatic heterocycles. The van der Waals surface area contributed by atoms with E-state index in [1.807, 2.05) is 128 Å². The number of fused-ring (bicyclic) bond motifs is 3. The van der Waals surface area contributed by atoms with E-state index in [2.05, 4.69) is 19.9 Å². The molecule has 13 nitrogen and oxygen atoms in total. The number of aliphatic hydroxyl groups is 1. The highest BCUT2D eigenvalue weighted by Crippen LogP contribution is 2.35. The van der Waals surface area contributed by atoms with Crippen molar-refractivity contribution in [1.82, 2.24) is 19.5 Å². The van der Waals surface area contributed by atoms with Gasteiger partial charge >= 0.3 is 5.97 Å². The van der Waals surface area contributed by atoms with Gasteiger partial charge in [-0.1, -0.05) is 84.9 Å². The van der Waals surface area contributed by atoms with Crippen LogP contribution >= 0.6 is 0 Å². The normalized spacial score (nSPS) is 12.2. The van der Waals surface area contributed by atoms with Crippen LogP contribution in [0.3, 0.4) is 0 Å². The first-order chi connectivity index (χ1) is 28.7. The van der Waals surface area contributed by atoms with Gasteiger partial charge in [0, 0.05) is 24.1 Å². The van der Waals surface area contributed by atoms with E-state index >= 15 is 0 Å². The van der Waals surface area contributed by atoms with Crippen molar-refractivity contribution in [2.45, 2.75) is 25.9 Å². The number of aliphatic hydroxyl groups excluding tert-OH is 1. The standard InChI is InChI=1S/C25H21N3O3.C21H17N3O4/c1-16-26-21-14-19(25-27-20-10-6-7-11-24(20)31-25)12-13-22(21)28(16)23(15-30-17(2)29)18-8-4-3-5-9-18;25-13-18(14-6-2-1-3-7-14)22-16-11-10-15(12-19(16)24(26)27)21-23-17-8-4-5-9-20(17)28-21/h3-14,23H,15H2,1-2H3;1-12,18,22,25H,13H2. The quantitative estimate of drug-likeness (QED) is 0.0726. The van der Waals surface area contributed by atoms with Gasteiger partial charge in [0.1, 0.15) is 29.2 Å². The summed E-state index contributed by atoms with van der Waals surface area (Å²) in [5.74, 6) is 1.42. The van der Waals surface area contributed by atoms with Gasteiger partial charge in [0.2, 0.25) is 11.8 Å². The van der Waals surface area contributed by atoms with Crippen LogP contribution in [0.25, 0.3) is 56.1 Å². The molecular formula is C46H38N6O7. The van der Waals surface area contributed by atoms with Crippen molar-refractivity contribution in [1.29, 1.82) is 0 Å². The second kappa shape index (κ2) is 16.8. The lowest BCUT2D eigenvalue weighted by molar-refractivity contribution is -0.383. The van der Waals surface area contributed by atoms with Crippen LogP contribution in [-0.4, -0.2) is 48.7 Å². The van der Waals surface area contributed by atoms with Crippen molar-refractivity contribution in [3.63, 3.8) is 0 Å². The number of imidazole rings is 1. The number of carbonyl (C=O) groups is 1. The minimum absolute atomic E-state index is 0.117. The molecule has 9 rings (SSSR count). The van der Waals surface area contributed by atoms with Gasteiger partial charge in [-0.05, 0) is 72.6 Å². The number of ether oxygens (including phenoxy) is 1. The van der Waals surface area contributed by atoms with Crippen LogP contribution in [-0.2, 0) is 9.53 Å². The van der Waals surface area contributed by atoms with Crippen LogP contribution < -0.4 is 5.32 Å². The van der Waals surface area contributed by atoms with Gasteiger partial charge in [-0.2, -0.15) is 0 Å². The number of esters is 1. The van der Waals surface area contributed by atoms with E-state index in [0.29, 0.717) is 34.1 Å². The Kier molecular flexibility index (Phi) is 10.9. The molecule has 9 aromatic rings. The fourth-order valence-electron chi connectivity index (χ4n) is 6.97. The van der Waals surface area contributed by atoms with E-state index in [-0.39, 0.29) is 30.9 Å². The zero-order valence-corrected chi connectivity index (χ0v) is 32.1. The first-order valence-electron chi connectivity index (χ1n) is 18.9. The number of rotatable bonds is 11. The number of nitro groups is 1. The smallest absolute Gasteiger partial charge is 0.302 e. The molecule has 3 aromatic heterocycles. The lowest BCUT2D eigenvalue weighted by Gasteiger charge is -2.21. The number of nitrogens with one attached hydrogen (secondary N) is 1. The van der Waals surface area contributed by atoms with E-state index in [9.17, 15) is 20.0 Å². The minimum Gasteiger partial charge on any atom is -0.463 e. The summed E-state index contributed by atoms with van der Waals surface area (Å²) in [6, 6.07) is 44.4. The number of para-hydroxylation sites is 4. The van der Waals surface area contributed by atoms with Crippen LogP contribution in [0.4, 0.5) is 11.4 Å². The fourth-order valence-corrected chi connectivity index (χ4v) is 6.97. The number of nitro benzene ring substituents is 1. The Morgan fingerprint density at radius 2 is 1.31 bits per heavy atom. The van der Waals surface area contributed by atoms with Crippen molar-refractivity contribution in [3.05, 3.63) is 173 Å². The molecule has 3 heterocycles. The first-order valence-corrected chi connectivity index (χ1v) is 18.9. The van der Waals surface area contributed by atoms with E-state index in [4.69, 9.17) is 18.6 Å². The Morgan fingerprint density at radius 1 is 0.746 bits per heavy atom. The lowest BCUT2D eigenvalue weighted by Crippen LogP contribution is -2.19. The predicted molar refractivity (Wildman–Crippen MR) is 225 cm³/mol. The van der Waals surface area contributed by atoms with Gasteiger partial charge < -0.3 is 28.6 Å². The van der Waals surface area contributed by atoms with E-state index in [1.54, 1.807) is 18.2 Å². The van der Waals surface area contributed by atoms with Crippen molar-refractivity contribution in [2.24, 2.45) is 0 Å². The van der Waals surface area contributed by atoms with E-state index in [0.717, 1.165) is 44.6 Å². The molecule has 0 aliphatic carbocycles. The average molecular weight is 787 g/mol. The molecule has 0 fully saturated rings. The molecule has 59 heavy (non-hydrogen) atoms. The third kappa shape index (κ3) is 8.27. The van der Waals surface area contributed by atoms with E-state index in [1.165, 1.54) is 13.0 Å². The summed E-state index contributed by atoms with van der Waals surface area (Å²) in [5, 5.41) is 24.4. The summed E-state index contributed by atoms with van der Waals surface area (Å²) >= 11 is 0. The van der Waals surface area contributed by atoms with Gasteiger partial charge in [-0.15, -0.1) is 0 Å². The maximum atomic E-state index is 11.6. The Balaban J connectivity index is 0.000000165. The Hall–Kier alpha value is -7.64. The Morgan fingerprint density at radius 3 is 1.88 bits per heavy atom. The third-order valence-electron chi connectivity index (χ3n) is 9.80. The van der Waals surface area contributed by atoms with Crippen LogP contribution in [0.5, 0.6) is 0 Å². The molecule has 0 bridgehead atoms. The molecule has 294 valence electrons. The number of carbonyl (C=O) groups excluding carboxylic acids is 1. The van der Waals surface area contributed by atoms with Gasteiger partial charge in [0.15, 0.2) is 11.2 Å². The molecule has 2 atom stereocenters. The number of oxazole rings is 2. The summed E-state index contributed by atoms with van der Waals surface area (Å²) in [6.07, 6.45) is 0. The van der Waals surface area contributed by atoms with E-state index < -0.39 is 11.0 Å². The second-order valence-corrected chi connectivity index (χ2v) is 13.7. The molecule has 2 unspecified atom stereocenters. The number of hydrogen-bond donors (Lipinski definition) is 2. The Labute approximate surface area is 337 Å². The molecule has 0 radical (unpaired) electrons. The maximum Gasteiger partial charge on any atom is 0.302 e. The number of hydrogen-bond acceptors (Lipinski definition) is 11. The van der Waals surface area contributed by atoms with Crippen molar-refractivity contribution in [3.8, 4) is 22.9 Å². The highest BCUT2D eigenvalue weighted by molar-refractivity contribution is 5.83. The molecule has 6 aromatic carbocycles. The minimum atomic E-state index is -0.464. The number of anilines is 1. The zero-order chi connectivity index (χ0) is 40.9. The summed E-state index contributed by atoms with van der Waals surface area (Å²) in [6.45, 7) is 3.42. The molecule has 0 saturated carbocycles. The molecule has 0 spiro atoms. The average Bonchev–Trinajstić information content (AvgIpc) is 3.99. The Bertz CT molecular complexity index is 2840. The first kappa shape index (κ1) is 38.2. The molecular weight excluding hydrogens is 749 g/mol. The van der Waals surface area contributed by atoms with Crippen molar-refractivity contribution < 1.29 is 28.4 Å². The molecule has 0 aliphatic rings. The predicted octanol–water partition coefficient (Wildman–Crippen LogP) is 9.85. The monoisotopic (exact) mass is 786 g/mol. The van der Waals surface area contributed by atoms with Crippen LogP contribution in [0, 0.1) is 17.0 Å². The highest BCUT2D eigenvalue weighted by atomic mass is 16.6. The van der Waals surface area contributed by atoms with Gasteiger partial charge in [0.05, 0.1) is 34.6 Å². The second-order valence-electron chi connectivity index (χ2n) is 13.7. The largest absolute Gasteiger partial charge is 0.463 e. The SMILES string of the molecule is CC(=O)OCC(c1ccccc1)n1c(C)nc2cc(-c3nc4ccccc4o3)ccc21.O=[N+]([O-])c1cc(-c2nc3ccccc3o2)ccc1NC(CO)c1ccccc1. The fraction of sp³-hybridized carbons (Fsp3) is 0.130. The van der Waals surface area contributed by atoms with Gasteiger partial charge in [0.25, 0.3) is 5.69 Å². The topological polar surface area (TPSA) is 172 Å². The summed E-state index contributed by atoms with van der Waals surface area (Å²) < 4.78 is 19.1. The van der Waals surface area contributed by atoms with Crippen LogP contribution in [0.2, 0.25) is 0 Å². The zero-order valence-electron chi connectivity index (χ0n) is 32.1. The molecule has 2 N–H and O–H groups in total. The summed E-state index contributed by atoms with van der Waals surface area (Å²) in [4.78, 5) is 36.4. The lowest BCUT2D eigenvalue weighted by atomic mass is 10.1. The molecule has 13 heteroatoms. The summed E-state index contributed by atoms with van der Waals surface area (Å²) in [7, 11) is 0. The van der Waals surface area contributed by atoms with Crippen LogP contribution in [0.1, 0.15) is 36.0 Å². The molecule has 0 saturated heterocycles. The van der Waals surface area contributed by atoms with Gasteiger partial charge in [-0.25, -0.2) is 15.0 Å². The number of aromatic nitrogens is 4.